The van der Waals surface area contributed by atoms with E-state index < -0.39 is 0 Å². The lowest BCUT2D eigenvalue weighted by atomic mass is 9.95. The van der Waals surface area contributed by atoms with Gasteiger partial charge in [-0.3, -0.25) is 18.4 Å². The van der Waals surface area contributed by atoms with Crippen molar-refractivity contribution in [1.82, 2.24) is 8.80 Å². The lowest BCUT2D eigenvalue weighted by Gasteiger charge is -2.15. The van der Waals surface area contributed by atoms with Crippen molar-refractivity contribution in [3.63, 3.8) is 0 Å². The van der Waals surface area contributed by atoms with Gasteiger partial charge in [-0.2, -0.15) is 0 Å². The van der Waals surface area contributed by atoms with Gasteiger partial charge in [-0.25, -0.2) is 0 Å². The molecule has 0 radical (unpaired) electrons. The molecular weight excluding hydrogens is 625 g/mol. The molecule has 0 saturated carbocycles. The van der Waals surface area contributed by atoms with Crippen LogP contribution in [-0.4, -0.2) is 8.80 Å². The van der Waals surface area contributed by atoms with Crippen molar-refractivity contribution in [3.05, 3.63) is 138 Å². The molecule has 0 atom stereocenters. The summed E-state index contributed by atoms with van der Waals surface area (Å²) < 4.78 is 3.42. The molecule has 0 spiro atoms. The maximum Gasteiger partial charge on any atom is 0.264 e. The highest BCUT2D eigenvalue weighted by molar-refractivity contribution is 5.96. The third-order valence-corrected chi connectivity index (χ3v) is 9.88. The molecule has 0 aliphatic rings. The van der Waals surface area contributed by atoms with Gasteiger partial charge in [0.2, 0.25) is 0 Å². The predicted molar refractivity (Wildman–Crippen MR) is 216 cm³/mol. The van der Waals surface area contributed by atoms with E-state index in [-0.39, 0.29) is 11.1 Å². The SMILES string of the molecule is C#Cc1ccc2c(CCCCCCC)c3c(=O)n4c(C#Cc5ccc(C)cc5)ccc4c(CCCCCCC)c3c(=O)n12.Cc1ccc(C)cc1. The Morgan fingerprint density at radius 3 is 1.37 bits per heavy atom. The maximum absolute atomic E-state index is 14.5. The first-order valence-electron chi connectivity index (χ1n) is 18.9. The molecule has 4 nitrogen and oxygen atoms in total. The van der Waals surface area contributed by atoms with Crippen molar-refractivity contribution < 1.29 is 0 Å². The Labute approximate surface area is 303 Å². The largest absolute Gasteiger partial charge is 0.269 e. The van der Waals surface area contributed by atoms with Gasteiger partial charge < -0.3 is 0 Å². The summed E-state index contributed by atoms with van der Waals surface area (Å²) in [5.74, 6) is 9.23. The topological polar surface area (TPSA) is 43.0 Å². The predicted octanol–water partition coefficient (Wildman–Crippen LogP) is 10.5. The zero-order chi connectivity index (χ0) is 36.3. The number of aromatic nitrogens is 2. The lowest BCUT2D eigenvalue weighted by Crippen LogP contribution is -2.25. The van der Waals surface area contributed by atoms with E-state index in [0.29, 0.717) is 22.2 Å². The van der Waals surface area contributed by atoms with Crippen LogP contribution in [0.3, 0.4) is 0 Å². The van der Waals surface area contributed by atoms with Crippen LogP contribution in [0.25, 0.3) is 21.8 Å². The quantitative estimate of drug-likeness (QED) is 0.0956. The summed E-state index contributed by atoms with van der Waals surface area (Å²) in [4.78, 5) is 28.8. The first-order valence-corrected chi connectivity index (χ1v) is 18.9. The zero-order valence-corrected chi connectivity index (χ0v) is 31.2. The number of hydrogen-bond acceptors (Lipinski definition) is 2. The summed E-state index contributed by atoms with van der Waals surface area (Å²) in [7, 11) is 0. The molecule has 51 heavy (non-hydrogen) atoms. The summed E-state index contributed by atoms with van der Waals surface area (Å²) in [5.41, 5.74) is 8.97. The fraction of sp³-hybridized carbons (Fsp3) is 0.362. The second-order valence-corrected chi connectivity index (χ2v) is 13.9. The van der Waals surface area contributed by atoms with E-state index in [4.69, 9.17) is 6.42 Å². The van der Waals surface area contributed by atoms with Crippen LogP contribution < -0.4 is 11.1 Å². The highest BCUT2D eigenvalue weighted by Gasteiger charge is 2.23. The van der Waals surface area contributed by atoms with Gasteiger partial charge in [0, 0.05) is 5.56 Å². The van der Waals surface area contributed by atoms with Crippen LogP contribution >= 0.6 is 0 Å². The van der Waals surface area contributed by atoms with Gasteiger partial charge in [0.05, 0.1) is 27.5 Å². The van der Waals surface area contributed by atoms with Crippen molar-refractivity contribution in [2.45, 2.75) is 112 Å². The molecule has 0 bridgehead atoms. The molecule has 0 N–H and O–H groups in total. The summed E-state index contributed by atoms with van der Waals surface area (Å²) >= 11 is 0. The van der Waals surface area contributed by atoms with Gasteiger partial charge in [-0.05, 0) is 99.9 Å². The first kappa shape index (κ1) is 37.2. The van der Waals surface area contributed by atoms with Gasteiger partial charge >= 0.3 is 0 Å². The minimum atomic E-state index is -0.186. The van der Waals surface area contributed by atoms with E-state index in [1.54, 1.807) is 8.80 Å². The average molecular weight is 677 g/mol. The van der Waals surface area contributed by atoms with Crippen LogP contribution in [-0.2, 0) is 12.8 Å². The molecule has 0 aliphatic heterocycles. The second-order valence-electron chi connectivity index (χ2n) is 13.9. The van der Waals surface area contributed by atoms with Gasteiger partial charge in [-0.15, -0.1) is 6.42 Å². The third-order valence-electron chi connectivity index (χ3n) is 9.88. The number of rotatable bonds is 12. The molecule has 4 aromatic heterocycles. The summed E-state index contributed by atoms with van der Waals surface area (Å²) in [6.07, 6.45) is 18.5. The van der Waals surface area contributed by atoms with Crippen molar-refractivity contribution in [1.29, 1.82) is 0 Å². The van der Waals surface area contributed by atoms with Gasteiger partial charge in [0.25, 0.3) is 11.1 Å². The number of fused-ring (bicyclic) bond motifs is 3. The number of pyridine rings is 2. The molecule has 0 amide bonds. The highest BCUT2D eigenvalue weighted by atomic mass is 16.1. The molecule has 2 aromatic carbocycles. The Morgan fingerprint density at radius 1 is 0.510 bits per heavy atom. The molecule has 6 rings (SSSR count). The van der Waals surface area contributed by atoms with Crippen molar-refractivity contribution >= 4 is 21.8 Å². The third kappa shape index (κ3) is 8.64. The molecule has 0 fully saturated rings. The number of benzene rings is 2. The first-order chi connectivity index (χ1) is 24.8. The Bertz CT molecular complexity index is 2280. The molecular formula is C47H52N2O2. The fourth-order valence-corrected chi connectivity index (χ4v) is 6.97. The zero-order valence-electron chi connectivity index (χ0n) is 31.2. The molecule has 4 heterocycles. The fourth-order valence-electron chi connectivity index (χ4n) is 6.97. The van der Waals surface area contributed by atoms with Gasteiger partial charge in [0.15, 0.2) is 0 Å². The van der Waals surface area contributed by atoms with Gasteiger partial charge in [-0.1, -0.05) is 130 Å². The van der Waals surface area contributed by atoms with E-state index in [9.17, 15) is 9.59 Å². The van der Waals surface area contributed by atoms with Crippen LogP contribution in [0.2, 0.25) is 0 Å². The Morgan fingerprint density at radius 2 is 0.922 bits per heavy atom. The van der Waals surface area contributed by atoms with E-state index in [0.717, 1.165) is 79.1 Å². The Kier molecular flexibility index (Phi) is 12.9. The lowest BCUT2D eigenvalue weighted by molar-refractivity contribution is 0.632. The Balaban J connectivity index is 0.000000556. The average Bonchev–Trinajstić information content (AvgIpc) is 3.77. The molecule has 0 unspecified atom stereocenters. The molecule has 262 valence electrons. The normalized spacial score (nSPS) is 11.0. The molecule has 0 aliphatic carbocycles. The molecule has 0 saturated heterocycles. The van der Waals surface area contributed by atoms with E-state index in [1.165, 1.54) is 42.4 Å². The van der Waals surface area contributed by atoms with E-state index in [2.05, 4.69) is 76.6 Å². The van der Waals surface area contributed by atoms with Crippen molar-refractivity contribution in [2.24, 2.45) is 0 Å². The van der Waals surface area contributed by atoms with Crippen molar-refractivity contribution in [3.8, 4) is 24.2 Å². The number of hydrogen-bond donors (Lipinski definition) is 0. The Hall–Kier alpha value is -5.06. The summed E-state index contributed by atoms with van der Waals surface area (Å²) in [5, 5.41) is 1.08. The van der Waals surface area contributed by atoms with Crippen LogP contribution in [0.15, 0.2) is 82.4 Å². The monoisotopic (exact) mass is 676 g/mol. The number of aryl methyl sites for hydroxylation is 5. The van der Waals surface area contributed by atoms with Crippen LogP contribution in [0.4, 0.5) is 0 Å². The van der Waals surface area contributed by atoms with Crippen LogP contribution in [0, 0.1) is 45.0 Å². The standard InChI is InChI=1S/C39H42N2O2.C8H10/c1-5-8-10-12-14-16-32-34-26-24-30(7-3)40(34)38(42)36-33(17-15-13-11-9-6-2)35-27-25-31(41(35)39(43)37(32)36)23-22-29-20-18-28(4)19-21-29;1-7-3-5-8(2)6-4-7/h3,18-21,24-27H,5-6,8-17H2,1-2,4H3;3-6H,1-2H3. The maximum atomic E-state index is 14.5. The molecule has 6 aromatic rings. The van der Waals surface area contributed by atoms with E-state index >= 15 is 0 Å². The summed E-state index contributed by atoms with van der Waals surface area (Å²) in [6.45, 7) is 10.7. The summed E-state index contributed by atoms with van der Waals surface area (Å²) in [6, 6.07) is 24.2. The smallest absolute Gasteiger partial charge is 0.264 e. The number of unbranched alkanes of at least 4 members (excludes halogenated alkanes) is 8. The minimum absolute atomic E-state index is 0.162. The highest BCUT2D eigenvalue weighted by Crippen LogP contribution is 2.29. The van der Waals surface area contributed by atoms with Crippen molar-refractivity contribution in [2.75, 3.05) is 0 Å². The second kappa shape index (κ2) is 17.7. The number of terminal acetylenes is 1. The number of nitrogens with zero attached hydrogens (tertiary/aromatic N) is 2. The molecule has 4 heteroatoms. The minimum Gasteiger partial charge on any atom is -0.269 e. The van der Waals surface area contributed by atoms with E-state index in [1.807, 2.05) is 48.5 Å². The van der Waals surface area contributed by atoms with Gasteiger partial charge in [0.1, 0.15) is 5.69 Å². The van der Waals surface area contributed by atoms with Crippen LogP contribution in [0.1, 0.15) is 123 Å². The van der Waals surface area contributed by atoms with Crippen LogP contribution in [0.5, 0.6) is 0 Å².